The molecule has 0 aromatic carbocycles. The summed E-state index contributed by atoms with van der Waals surface area (Å²) in [5.74, 6) is -0.682. The lowest BCUT2D eigenvalue weighted by molar-refractivity contribution is 0.0702. The summed E-state index contributed by atoms with van der Waals surface area (Å²) in [6.07, 6.45) is 4.44. The smallest absolute Gasteiger partial charge is 0.345 e. The van der Waals surface area contributed by atoms with E-state index in [0.717, 1.165) is 37.0 Å². The zero-order valence-corrected chi connectivity index (χ0v) is 12.3. The highest BCUT2D eigenvalue weighted by Crippen LogP contribution is 2.27. The fraction of sp³-hybridized carbons (Fsp3) is 0.583. The Hall–Kier alpha value is -0.920. The average Bonchev–Trinajstić information content (AvgIpc) is 2.95. The van der Waals surface area contributed by atoms with Crippen molar-refractivity contribution in [1.82, 2.24) is 4.72 Å². The number of carbonyl (C=O) groups is 1. The quantitative estimate of drug-likeness (QED) is 0.873. The van der Waals surface area contributed by atoms with E-state index in [0.29, 0.717) is 17.3 Å². The molecule has 1 heterocycles. The Bertz CT molecular complexity index is 571. The topological polar surface area (TPSA) is 83.5 Å². The maximum Gasteiger partial charge on any atom is 0.345 e. The lowest BCUT2D eigenvalue weighted by Gasteiger charge is -2.10. The van der Waals surface area contributed by atoms with Gasteiger partial charge in [-0.3, -0.25) is 0 Å². The zero-order chi connectivity index (χ0) is 14.0. The lowest BCUT2D eigenvalue weighted by atomic mass is 10.1. The first-order chi connectivity index (χ1) is 8.90. The Labute approximate surface area is 116 Å². The molecule has 0 saturated heterocycles. The third-order valence-corrected chi connectivity index (χ3v) is 6.13. The summed E-state index contributed by atoms with van der Waals surface area (Å²) in [4.78, 5) is 11.5. The van der Waals surface area contributed by atoms with E-state index in [1.165, 1.54) is 6.07 Å². The number of rotatable bonds is 5. The molecular formula is C12H17NO4S2. The van der Waals surface area contributed by atoms with Crippen molar-refractivity contribution in [1.29, 1.82) is 0 Å². The van der Waals surface area contributed by atoms with Crippen molar-refractivity contribution in [2.24, 2.45) is 5.92 Å². The minimum absolute atomic E-state index is 0.0544. The van der Waals surface area contributed by atoms with Crippen molar-refractivity contribution in [3.05, 3.63) is 15.8 Å². The Morgan fingerprint density at radius 2 is 2.11 bits per heavy atom. The maximum atomic E-state index is 12.1. The van der Waals surface area contributed by atoms with E-state index in [-0.39, 0.29) is 9.77 Å². The highest BCUT2D eigenvalue weighted by atomic mass is 32.2. The van der Waals surface area contributed by atoms with E-state index < -0.39 is 16.0 Å². The monoisotopic (exact) mass is 303 g/mol. The van der Waals surface area contributed by atoms with Gasteiger partial charge in [-0.15, -0.1) is 11.3 Å². The van der Waals surface area contributed by atoms with Crippen LogP contribution in [-0.2, 0) is 10.0 Å². The third-order valence-electron chi connectivity index (χ3n) is 3.41. The van der Waals surface area contributed by atoms with Crippen molar-refractivity contribution in [2.75, 3.05) is 6.54 Å². The molecule has 5 nitrogen and oxygen atoms in total. The number of carboxylic acid groups (broad SMARTS) is 1. The molecule has 0 radical (unpaired) electrons. The van der Waals surface area contributed by atoms with E-state index in [1.807, 2.05) is 0 Å². The van der Waals surface area contributed by atoms with Crippen LogP contribution in [0.15, 0.2) is 11.0 Å². The molecule has 0 spiro atoms. The van der Waals surface area contributed by atoms with Crippen LogP contribution in [0.3, 0.4) is 0 Å². The first-order valence-corrected chi connectivity index (χ1v) is 8.53. The van der Waals surface area contributed by atoms with Gasteiger partial charge in [0.2, 0.25) is 10.0 Å². The van der Waals surface area contributed by atoms with Crippen molar-refractivity contribution in [3.8, 4) is 0 Å². The molecule has 7 heteroatoms. The van der Waals surface area contributed by atoms with E-state index in [9.17, 15) is 13.2 Å². The Balaban J connectivity index is 2.12. The third kappa shape index (κ3) is 3.34. The second-order valence-corrected chi connectivity index (χ2v) is 7.83. The lowest BCUT2D eigenvalue weighted by Crippen LogP contribution is -2.28. The first kappa shape index (κ1) is 14.5. The van der Waals surface area contributed by atoms with Gasteiger partial charge in [-0.1, -0.05) is 12.8 Å². The molecular weight excluding hydrogens is 286 g/mol. The van der Waals surface area contributed by atoms with Crippen LogP contribution in [0.5, 0.6) is 0 Å². The van der Waals surface area contributed by atoms with Gasteiger partial charge < -0.3 is 5.11 Å². The fourth-order valence-electron chi connectivity index (χ4n) is 2.36. The van der Waals surface area contributed by atoms with Crippen LogP contribution in [0.25, 0.3) is 0 Å². The van der Waals surface area contributed by atoms with Crippen LogP contribution in [-0.4, -0.2) is 26.0 Å². The highest BCUT2D eigenvalue weighted by molar-refractivity contribution is 7.89. The standard InChI is InChI=1S/C12H17NO4S2/c1-8-11(6-10(18-8)12(14)15)19(16,17)13-7-9-4-2-3-5-9/h6,9,13H,2-5,7H2,1H3,(H,14,15). The van der Waals surface area contributed by atoms with Gasteiger partial charge in [0.05, 0.1) is 4.90 Å². The molecule has 0 unspecified atom stereocenters. The number of nitrogens with one attached hydrogen (secondary N) is 1. The molecule has 0 aliphatic heterocycles. The maximum absolute atomic E-state index is 12.1. The summed E-state index contributed by atoms with van der Waals surface area (Å²) in [7, 11) is -3.59. The van der Waals surface area contributed by atoms with Crippen LogP contribution in [0, 0.1) is 12.8 Å². The molecule has 19 heavy (non-hydrogen) atoms. The molecule has 1 saturated carbocycles. The van der Waals surface area contributed by atoms with Gasteiger partial charge in [0.1, 0.15) is 4.88 Å². The molecule has 2 N–H and O–H groups in total. The van der Waals surface area contributed by atoms with Gasteiger partial charge in [-0.25, -0.2) is 17.9 Å². The minimum atomic E-state index is -3.59. The molecule has 1 aliphatic rings. The molecule has 1 aliphatic carbocycles. The summed E-state index contributed by atoms with van der Waals surface area (Å²) < 4.78 is 26.9. The molecule has 1 aromatic rings. The Morgan fingerprint density at radius 3 is 2.63 bits per heavy atom. The normalized spacial score (nSPS) is 16.9. The number of hydrogen-bond donors (Lipinski definition) is 2. The van der Waals surface area contributed by atoms with Gasteiger partial charge in [-0.2, -0.15) is 0 Å². The van der Waals surface area contributed by atoms with Crippen molar-refractivity contribution >= 4 is 27.3 Å². The van der Waals surface area contributed by atoms with Crippen LogP contribution < -0.4 is 4.72 Å². The molecule has 0 bridgehead atoms. The van der Waals surface area contributed by atoms with Gasteiger partial charge in [0, 0.05) is 11.4 Å². The van der Waals surface area contributed by atoms with Crippen molar-refractivity contribution in [2.45, 2.75) is 37.5 Å². The number of carboxylic acids is 1. The van der Waals surface area contributed by atoms with Gasteiger partial charge in [0.25, 0.3) is 0 Å². The molecule has 1 fully saturated rings. The molecule has 2 rings (SSSR count). The van der Waals surface area contributed by atoms with Crippen LogP contribution in [0.4, 0.5) is 0 Å². The van der Waals surface area contributed by atoms with Gasteiger partial charge in [0.15, 0.2) is 0 Å². The predicted molar refractivity (Wildman–Crippen MR) is 73.2 cm³/mol. The fourth-order valence-corrected chi connectivity index (χ4v) is 4.90. The second kappa shape index (κ2) is 5.60. The van der Waals surface area contributed by atoms with Crippen LogP contribution in [0.2, 0.25) is 0 Å². The number of thiophene rings is 1. The Morgan fingerprint density at radius 1 is 1.47 bits per heavy atom. The van der Waals surface area contributed by atoms with E-state index in [4.69, 9.17) is 5.11 Å². The Kier molecular flexibility index (Phi) is 4.27. The summed E-state index contributed by atoms with van der Waals surface area (Å²) in [6.45, 7) is 2.07. The van der Waals surface area contributed by atoms with Gasteiger partial charge >= 0.3 is 5.97 Å². The van der Waals surface area contributed by atoms with Crippen molar-refractivity contribution in [3.63, 3.8) is 0 Å². The summed E-state index contributed by atoms with van der Waals surface area (Å²) in [5, 5.41) is 8.89. The SMILES string of the molecule is Cc1sc(C(=O)O)cc1S(=O)(=O)NCC1CCCC1. The van der Waals surface area contributed by atoms with Crippen LogP contribution in [0.1, 0.15) is 40.2 Å². The van der Waals surface area contributed by atoms with E-state index in [2.05, 4.69) is 4.72 Å². The molecule has 0 amide bonds. The summed E-state index contributed by atoms with van der Waals surface area (Å²) in [6, 6.07) is 1.24. The number of sulfonamides is 1. The summed E-state index contributed by atoms with van der Waals surface area (Å²) >= 11 is 0.989. The van der Waals surface area contributed by atoms with Crippen LogP contribution >= 0.6 is 11.3 Å². The molecule has 106 valence electrons. The summed E-state index contributed by atoms with van der Waals surface area (Å²) in [5.41, 5.74) is 0. The highest BCUT2D eigenvalue weighted by Gasteiger charge is 2.24. The number of hydrogen-bond acceptors (Lipinski definition) is 4. The predicted octanol–water partition coefficient (Wildman–Crippen LogP) is 2.22. The molecule has 0 atom stereocenters. The average molecular weight is 303 g/mol. The number of aryl methyl sites for hydroxylation is 1. The van der Waals surface area contributed by atoms with Gasteiger partial charge in [-0.05, 0) is 31.7 Å². The first-order valence-electron chi connectivity index (χ1n) is 6.23. The largest absolute Gasteiger partial charge is 0.477 e. The zero-order valence-electron chi connectivity index (χ0n) is 10.7. The molecule has 1 aromatic heterocycles. The minimum Gasteiger partial charge on any atom is -0.477 e. The van der Waals surface area contributed by atoms with Crippen molar-refractivity contribution < 1.29 is 18.3 Å². The number of aromatic carboxylic acids is 1. The van der Waals surface area contributed by atoms with E-state index >= 15 is 0 Å². The second-order valence-electron chi connectivity index (χ2n) is 4.84. The van der Waals surface area contributed by atoms with E-state index in [1.54, 1.807) is 6.92 Å².